The lowest BCUT2D eigenvalue weighted by Gasteiger charge is -2.40. The average Bonchev–Trinajstić information content (AvgIpc) is 2.38. The summed E-state index contributed by atoms with van der Waals surface area (Å²) in [6.07, 6.45) is 0. The Morgan fingerprint density at radius 3 is 2.61 bits per heavy atom. The Morgan fingerprint density at radius 1 is 1.33 bits per heavy atom. The zero-order valence-corrected chi connectivity index (χ0v) is 11.6. The highest BCUT2D eigenvalue weighted by atomic mass is 16.5. The number of ether oxygens (including phenoxy) is 2. The Bertz CT molecular complexity index is 253. The van der Waals surface area contributed by atoms with E-state index in [4.69, 9.17) is 9.47 Å². The molecule has 0 radical (unpaired) electrons. The smallest absolute Gasteiger partial charge is 0.314 e. The van der Waals surface area contributed by atoms with Gasteiger partial charge in [0, 0.05) is 38.8 Å². The lowest BCUT2D eigenvalue weighted by Crippen LogP contribution is -2.56. The minimum Gasteiger partial charge on any atom is -0.383 e. The average molecular weight is 259 g/mol. The third-order valence-electron chi connectivity index (χ3n) is 3.14. The molecule has 0 atom stereocenters. The summed E-state index contributed by atoms with van der Waals surface area (Å²) in [6, 6.07) is -0.145. The van der Waals surface area contributed by atoms with Crippen LogP contribution in [0.1, 0.15) is 13.8 Å². The first kappa shape index (κ1) is 15.2. The molecule has 0 spiro atoms. The highest BCUT2D eigenvalue weighted by molar-refractivity contribution is 5.73. The van der Waals surface area contributed by atoms with Gasteiger partial charge in [-0.2, -0.15) is 0 Å². The number of hydrogen-bond donors (Lipinski definition) is 2. The quantitative estimate of drug-likeness (QED) is 0.661. The van der Waals surface area contributed by atoms with Crippen LogP contribution in [0.2, 0.25) is 0 Å². The molecule has 1 fully saturated rings. The maximum atomic E-state index is 11.5. The fourth-order valence-electron chi connectivity index (χ4n) is 1.91. The number of carbonyl (C=O) groups is 1. The summed E-state index contributed by atoms with van der Waals surface area (Å²) in [5.41, 5.74) is -0.0532. The van der Waals surface area contributed by atoms with E-state index >= 15 is 0 Å². The summed E-state index contributed by atoms with van der Waals surface area (Å²) < 4.78 is 10.2. The topological polar surface area (TPSA) is 62.8 Å². The monoisotopic (exact) mass is 259 g/mol. The van der Waals surface area contributed by atoms with E-state index in [1.165, 1.54) is 0 Å². The van der Waals surface area contributed by atoms with E-state index in [-0.39, 0.29) is 11.6 Å². The maximum Gasteiger partial charge on any atom is 0.314 e. The number of morpholine rings is 1. The first-order valence-corrected chi connectivity index (χ1v) is 6.40. The van der Waals surface area contributed by atoms with Crippen LogP contribution in [0.3, 0.4) is 0 Å². The molecule has 106 valence electrons. The maximum absolute atomic E-state index is 11.5. The molecule has 0 aromatic carbocycles. The highest BCUT2D eigenvalue weighted by Crippen LogP contribution is 2.14. The van der Waals surface area contributed by atoms with Gasteiger partial charge in [-0.3, -0.25) is 4.90 Å². The molecule has 1 rings (SSSR count). The number of nitrogens with zero attached hydrogens (tertiary/aromatic N) is 1. The predicted octanol–water partition coefficient (Wildman–Crippen LogP) is 0.0428. The Morgan fingerprint density at radius 2 is 2.00 bits per heavy atom. The van der Waals surface area contributed by atoms with Crippen molar-refractivity contribution in [1.29, 1.82) is 0 Å². The SMILES string of the molecule is COCCNC(=O)NCC(C)(C)N1CCOCC1. The van der Waals surface area contributed by atoms with Gasteiger partial charge in [-0.05, 0) is 13.8 Å². The van der Waals surface area contributed by atoms with Gasteiger partial charge in [0.1, 0.15) is 0 Å². The largest absolute Gasteiger partial charge is 0.383 e. The standard InChI is InChI=1S/C12H25N3O3/c1-12(2,15-5-8-18-9-6-15)10-14-11(16)13-4-7-17-3/h4-10H2,1-3H3,(H2,13,14,16). The molecular weight excluding hydrogens is 234 g/mol. The van der Waals surface area contributed by atoms with Crippen LogP contribution in [0.4, 0.5) is 4.79 Å². The molecule has 18 heavy (non-hydrogen) atoms. The van der Waals surface area contributed by atoms with E-state index in [9.17, 15) is 4.79 Å². The van der Waals surface area contributed by atoms with Crippen molar-refractivity contribution >= 4 is 6.03 Å². The van der Waals surface area contributed by atoms with Gasteiger partial charge in [0.2, 0.25) is 0 Å². The molecule has 0 unspecified atom stereocenters. The Labute approximate surface area is 109 Å². The number of amides is 2. The number of hydrogen-bond acceptors (Lipinski definition) is 4. The molecule has 0 aromatic rings. The molecule has 0 aromatic heterocycles. The van der Waals surface area contributed by atoms with E-state index in [1.807, 2.05) is 0 Å². The second-order valence-corrected chi connectivity index (χ2v) is 5.01. The zero-order chi connectivity index (χ0) is 13.4. The second-order valence-electron chi connectivity index (χ2n) is 5.01. The molecule has 0 saturated carbocycles. The Hall–Kier alpha value is -0.850. The molecule has 2 N–H and O–H groups in total. The first-order chi connectivity index (χ1) is 8.56. The summed E-state index contributed by atoms with van der Waals surface area (Å²) in [5.74, 6) is 0. The second kappa shape index (κ2) is 7.56. The Balaban J connectivity index is 2.24. The molecule has 0 aliphatic carbocycles. The molecule has 1 heterocycles. The van der Waals surface area contributed by atoms with Crippen LogP contribution in [-0.2, 0) is 9.47 Å². The van der Waals surface area contributed by atoms with E-state index in [1.54, 1.807) is 7.11 Å². The van der Waals surface area contributed by atoms with Crippen LogP contribution in [0.15, 0.2) is 0 Å². The molecule has 6 heteroatoms. The van der Waals surface area contributed by atoms with Crippen molar-refractivity contribution in [1.82, 2.24) is 15.5 Å². The van der Waals surface area contributed by atoms with Crippen LogP contribution in [0.5, 0.6) is 0 Å². The molecule has 0 bridgehead atoms. The van der Waals surface area contributed by atoms with Gasteiger partial charge in [-0.15, -0.1) is 0 Å². The minimum atomic E-state index is -0.145. The van der Waals surface area contributed by atoms with Gasteiger partial charge in [0.15, 0.2) is 0 Å². The van der Waals surface area contributed by atoms with Crippen LogP contribution < -0.4 is 10.6 Å². The van der Waals surface area contributed by atoms with Crippen molar-refractivity contribution in [3.05, 3.63) is 0 Å². The van der Waals surface area contributed by atoms with E-state index in [0.717, 1.165) is 26.3 Å². The third-order valence-corrected chi connectivity index (χ3v) is 3.14. The number of nitrogens with one attached hydrogen (secondary N) is 2. The summed E-state index contributed by atoms with van der Waals surface area (Å²) >= 11 is 0. The molecule has 2 amide bonds. The van der Waals surface area contributed by atoms with Gasteiger partial charge in [-0.1, -0.05) is 0 Å². The molecule has 1 aliphatic heterocycles. The third kappa shape index (κ3) is 5.20. The van der Waals surface area contributed by atoms with Gasteiger partial charge < -0.3 is 20.1 Å². The van der Waals surface area contributed by atoms with Crippen LogP contribution >= 0.6 is 0 Å². The fourth-order valence-corrected chi connectivity index (χ4v) is 1.91. The lowest BCUT2D eigenvalue weighted by atomic mass is 10.0. The molecule has 1 aliphatic rings. The fraction of sp³-hybridized carbons (Fsp3) is 0.917. The van der Waals surface area contributed by atoms with Crippen molar-refractivity contribution < 1.29 is 14.3 Å². The Kier molecular flexibility index (Phi) is 6.38. The zero-order valence-electron chi connectivity index (χ0n) is 11.6. The van der Waals surface area contributed by atoms with Crippen LogP contribution in [0.25, 0.3) is 0 Å². The lowest BCUT2D eigenvalue weighted by molar-refractivity contribution is -0.00875. The van der Waals surface area contributed by atoms with Crippen molar-refractivity contribution in [3.8, 4) is 0 Å². The number of carbonyl (C=O) groups excluding carboxylic acids is 1. The highest BCUT2D eigenvalue weighted by Gasteiger charge is 2.28. The molecule has 1 saturated heterocycles. The molecular formula is C12H25N3O3. The van der Waals surface area contributed by atoms with Crippen molar-refractivity contribution in [3.63, 3.8) is 0 Å². The minimum absolute atomic E-state index is 0.0532. The van der Waals surface area contributed by atoms with Crippen molar-refractivity contribution in [2.45, 2.75) is 19.4 Å². The van der Waals surface area contributed by atoms with Crippen molar-refractivity contribution in [2.24, 2.45) is 0 Å². The normalized spacial score (nSPS) is 17.5. The van der Waals surface area contributed by atoms with E-state index in [2.05, 4.69) is 29.4 Å². The van der Waals surface area contributed by atoms with Gasteiger partial charge >= 0.3 is 6.03 Å². The summed E-state index contributed by atoms with van der Waals surface area (Å²) in [5, 5.41) is 5.63. The van der Waals surface area contributed by atoms with E-state index in [0.29, 0.717) is 19.7 Å². The van der Waals surface area contributed by atoms with Crippen molar-refractivity contribution in [2.75, 3.05) is 53.1 Å². The van der Waals surface area contributed by atoms with Crippen LogP contribution in [-0.4, -0.2) is 69.6 Å². The number of rotatable bonds is 6. The summed E-state index contributed by atoms with van der Waals surface area (Å²) in [7, 11) is 1.61. The predicted molar refractivity (Wildman–Crippen MR) is 69.7 cm³/mol. The van der Waals surface area contributed by atoms with E-state index < -0.39 is 0 Å². The van der Waals surface area contributed by atoms with Gasteiger partial charge in [-0.25, -0.2) is 4.79 Å². The number of urea groups is 1. The molecule has 6 nitrogen and oxygen atoms in total. The number of methoxy groups -OCH3 is 1. The summed E-state index contributed by atoms with van der Waals surface area (Å²) in [4.78, 5) is 13.9. The first-order valence-electron chi connectivity index (χ1n) is 6.40. The summed E-state index contributed by atoms with van der Waals surface area (Å²) in [6.45, 7) is 9.31. The van der Waals surface area contributed by atoms with Crippen LogP contribution in [0, 0.1) is 0 Å². The van der Waals surface area contributed by atoms with Gasteiger partial charge in [0.05, 0.1) is 19.8 Å². The van der Waals surface area contributed by atoms with Gasteiger partial charge in [0.25, 0.3) is 0 Å².